The molecule has 0 aliphatic carbocycles. The van der Waals surface area contributed by atoms with Gasteiger partial charge in [-0.05, 0) is 29.9 Å². The van der Waals surface area contributed by atoms with Crippen molar-refractivity contribution < 1.29 is 0 Å². The van der Waals surface area contributed by atoms with Crippen molar-refractivity contribution in [1.29, 1.82) is 0 Å². The van der Waals surface area contributed by atoms with Crippen molar-refractivity contribution in [2.45, 2.75) is 33.7 Å². The molecule has 1 aromatic heterocycles. The maximum atomic E-state index is 5.82. The summed E-state index contributed by atoms with van der Waals surface area (Å²) < 4.78 is 0. The molecule has 21 heavy (non-hydrogen) atoms. The van der Waals surface area contributed by atoms with E-state index in [0.717, 1.165) is 30.2 Å². The molecule has 3 rings (SSSR count). The first-order valence-corrected chi connectivity index (χ1v) is 7.82. The summed E-state index contributed by atoms with van der Waals surface area (Å²) in [6.07, 6.45) is 1.26. The monoisotopic (exact) mass is 283 g/mol. The maximum absolute atomic E-state index is 5.82. The molecular weight excluding hydrogens is 258 g/mol. The van der Waals surface area contributed by atoms with Gasteiger partial charge in [-0.25, -0.2) is 0 Å². The Kier molecular flexibility index (Phi) is 3.62. The number of rotatable bonds is 2. The molecule has 0 saturated carbocycles. The van der Waals surface area contributed by atoms with Gasteiger partial charge in [-0.2, -0.15) is 0 Å². The Morgan fingerprint density at radius 2 is 2.05 bits per heavy atom. The zero-order valence-corrected chi connectivity index (χ0v) is 13.3. The SMILES string of the molecule is CC(C)(C)C1CCN(c2cc(CN)nc3ccccc23)C1. The highest BCUT2D eigenvalue weighted by atomic mass is 15.2. The average Bonchev–Trinajstić information content (AvgIpc) is 2.95. The fourth-order valence-electron chi connectivity index (χ4n) is 3.26. The van der Waals surface area contributed by atoms with E-state index in [1.165, 1.54) is 17.5 Å². The van der Waals surface area contributed by atoms with Gasteiger partial charge in [-0.1, -0.05) is 39.0 Å². The van der Waals surface area contributed by atoms with Crippen molar-refractivity contribution in [3.05, 3.63) is 36.0 Å². The quantitative estimate of drug-likeness (QED) is 0.916. The second-order valence-electron chi connectivity index (χ2n) is 7.15. The first-order valence-electron chi connectivity index (χ1n) is 7.82. The van der Waals surface area contributed by atoms with Gasteiger partial charge in [0.1, 0.15) is 0 Å². The maximum Gasteiger partial charge on any atom is 0.0726 e. The Hall–Kier alpha value is -1.61. The number of pyridine rings is 1. The van der Waals surface area contributed by atoms with Gasteiger partial charge in [0.15, 0.2) is 0 Å². The third-order valence-corrected chi connectivity index (χ3v) is 4.71. The highest BCUT2D eigenvalue weighted by Crippen LogP contribution is 2.37. The summed E-state index contributed by atoms with van der Waals surface area (Å²) in [6.45, 7) is 9.78. The van der Waals surface area contributed by atoms with E-state index in [-0.39, 0.29) is 0 Å². The van der Waals surface area contributed by atoms with Crippen LogP contribution in [0.5, 0.6) is 0 Å². The zero-order chi connectivity index (χ0) is 15.0. The van der Waals surface area contributed by atoms with Gasteiger partial charge in [0.2, 0.25) is 0 Å². The van der Waals surface area contributed by atoms with E-state index >= 15 is 0 Å². The van der Waals surface area contributed by atoms with Crippen LogP contribution in [0, 0.1) is 11.3 Å². The molecule has 3 heteroatoms. The van der Waals surface area contributed by atoms with Crippen LogP contribution < -0.4 is 10.6 Å². The van der Waals surface area contributed by atoms with Crippen molar-refractivity contribution in [3.63, 3.8) is 0 Å². The number of para-hydroxylation sites is 1. The molecule has 2 heterocycles. The fraction of sp³-hybridized carbons (Fsp3) is 0.500. The predicted octanol–water partition coefficient (Wildman–Crippen LogP) is 3.57. The van der Waals surface area contributed by atoms with E-state index in [0.29, 0.717) is 12.0 Å². The summed E-state index contributed by atoms with van der Waals surface area (Å²) >= 11 is 0. The first kappa shape index (κ1) is 14.3. The molecule has 2 N–H and O–H groups in total. The van der Waals surface area contributed by atoms with Crippen molar-refractivity contribution in [3.8, 4) is 0 Å². The van der Waals surface area contributed by atoms with Crippen LogP contribution in [0.3, 0.4) is 0 Å². The van der Waals surface area contributed by atoms with Crippen molar-refractivity contribution in [2.75, 3.05) is 18.0 Å². The van der Waals surface area contributed by atoms with Gasteiger partial charge in [-0.3, -0.25) is 4.98 Å². The molecule has 1 aromatic carbocycles. The lowest BCUT2D eigenvalue weighted by atomic mass is 9.80. The number of hydrogen-bond acceptors (Lipinski definition) is 3. The second kappa shape index (κ2) is 5.30. The number of hydrogen-bond donors (Lipinski definition) is 1. The van der Waals surface area contributed by atoms with Gasteiger partial charge < -0.3 is 10.6 Å². The Bertz CT molecular complexity index is 642. The smallest absolute Gasteiger partial charge is 0.0726 e. The number of aromatic nitrogens is 1. The van der Waals surface area contributed by atoms with E-state index in [2.05, 4.69) is 54.9 Å². The molecule has 1 aliphatic rings. The van der Waals surface area contributed by atoms with Crippen molar-refractivity contribution in [1.82, 2.24) is 4.98 Å². The minimum Gasteiger partial charge on any atom is -0.371 e. The summed E-state index contributed by atoms with van der Waals surface area (Å²) in [5, 5.41) is 1.24. The summed E-state index contributed by atoms with van der Waals surface area (Å²) in [5.74, 6) is 0.741. The minimum absolute atomic E-state index is 0.369. The minimum atomic E-state index is 0.369. The van der Waals surface area contributed by atoms with Crippen LogP contribution in [0.2, 0.25) is 0 Å². The molecule has 0 spiro atoms. The molecule has 1 fully saturated rings. The fourth-order valence-corrected chi connectivity index (χ4v) is 3.26. The van der Waals surface area contributed by atoms with Crippen molar-refractivity contribution in [2.24, 2.45) is 17.1 Å². The van der Waals surface area contributed by atoms with Crippen molar-refractivity contribution >= 4 is 16.6 Å². The topological polar surface area (TPSA) is 42.1 Å². The lowest BCUT2D eigenvalue weighted by Crippen LogP contribution is -2.26. The van der Waals surface area contributed by atoms with Crippen LogP contribution in [0.25, 0.3) is 10.9 Å². The summed E-state index contributed by atoms with van der Waals surface area (Å²) in [5.41, 5.74) is 9.52. The van der Waals surface area contributed by atoms with Crippen LogP contribution >= 0.6 is 0 Å². The van der Waals surface area contributed by atoms with Gasteiger partial charge >= 0.3 is 0 Å². The number of nitrogens with zero attached hydrogens (tertiary/aromatic N) is 2. The van der Waals surface area contributed by atoms with E-state index in [4.69, 9.17) is 5.73 Å². The molecule has 2 aromatic rings. The third kappa shape index (κ3) is 2.75. The van der Waals surface area contributed by atoms with Crippen LogP contribution in [0.15, 0.2) is 30.3 Å². The highest BCUT2D eigenvalue weighted by Gasteiger charge is 2.32. The second-order valence-corrected chi connectivity index (χ2v) is 7.15. The molecule has 1 unspecified atom stereocenters. The van der Waals surface area contributed by atoms with Crippen LogP contribution in [-0.4, -0.2) is 18.1 Å². The highest BCUT2D eigenvalue weighted by molar-refractivity contribution is 5.92. The number of nitrogens with two attached hydrogens (primary N) is 1. The summed E-state index contributed by atoms with van der Waals surface area (Å²) in [7, 11) is 0. The summed E-state index contributed by atoms with van der Waals surface area (Å²) in [6, 6.07) is 10.6. The molecule has 1 atom stereocenters. The number of benzene rings is 1. The molecular formula is C18H25N3. The molecule has 112 valence electrons. The molecule has 1 aliphatic heterocycles. The Labute approximate surface area is 127 Å². The Morgan fingerprint density at radius 1 is 1.29 bits per heavy atom. The molecule has 1 saturated heterocycles. The van der Waals surface area contributed by atoms with E-state index in [9.17, 15) is 0 Å². The Morgan fingerprint density at radius 3 is 2.71 bits per heavy atom. The predicted molar refractivity (Wildman–Crippen MR) is 89.4 cm³/mol. The van der Waals surface area contributed by atoms with Gasteiger partial charge in [0.25, 0.3) is 0 Å². The van der Waals surface area contributed by atoms with E-state index in [1.807, 2.05) is 6.07 Å². The van der Waals surface area contributed by atoms with Crippen LogP contribution in [0.4, 0.5) is 5.69 Å². The zero-order valence-electron chi connectivity index (χ0n) is 13.3. The molecule has 0 amide bonds. The third-order valence-electron chi connectivity index (χ3n) is 4.71. The molecule has 0 bridgehead atoms. The normalized spacial score (nSPS) is 19.4. The van der Waals surface area contributed by atoms with E-state index in [1.54, 1.807) is 0 Å². The average molecular weight is 283 g/mol. The van der Waals surface area contributed by atoms with Gasteiger partial charge in [-0.15, -0.1) is 0 Å². The van der Waals surface area contributed by atoms with Gasteiger partial charge in [0, 0.05) is 30.7 Å². The first-order chi connectivity index (χ1) is 9.99. The lowest BCUT2D eigenvalue weighted by Gasteiger charge is -2.28. The largest absolute Gasteiger partial charge is 0.371 e. The molecule has 3 nitrogen and oxygen atoms in total. The summed E-state index contributed by atoms with van der Waals surface area (Å²) in [4.78, 5) is 7.15. The lowest BCUT2D eigenvalue weighted by molar-refractivity contribution is 0.263. The Balaban J connectivity index is 2.00. The van der Waals surface area contributed by atoms with Gasteiger partial charge in [0.05, 0.1) is 11.2 Å². The molecule has 0 radical (unpaired) electrons. The standard InChI is InChI=1S/C18H25N3/c1-18(2,3)13-8-9-21(12-13)17-10-14(11-19)20-16-7-5-4-6-15(16)17/h4-7,10,13H,8-9,11-12,19H2,1-3H3. The number of anilines is 1. The van der Waals surface area contributed by atoms with Crippen LogP contribution in [0.1, 0.15) is 32.9 Å². The van der Waals surface area contributed by atoms with E-state index < -0.39 is 0 Å². The van der Waals surface area contributed by atoms with Crippen LogP contribution in [-0.2, 0) is 6.54 Å². The number of fused-ring (bicyclic) bond motifs is 1.